The number of benzene rings is 2. The third kappa shape index (κ3) is 7.95. The zero-order valence-electron chi connectivity index (χ0n) is 20.8. The second-order valence-electron chi connectivity index (χ2n) is 8.56. The summed E-state index contributed by atoms with van der Waals surface area (Å²) in [6.45, 7) is 5.16. The summed E-state index contributed by atoms with van der Waals surface area (Å²) in [6.07, 6.45) is 1.25. The fourth-order valence-corrected chi connectivity index (χ4v) is 4.59. The van der Waals surface area contributed by atoms with E-state index in [1.807, 2.05) is 13.8 Å². The summed E-state index contributed by atoms with van der Waals surface area (Å²) < 4.78 is 45.7. The maximum atomic E-state index is 14.3. The van der Waals surface area contributed by atoms with Crippen LogP contribution in [0.25, 0.3) is 0 Å². The first kappa shape index (κ1) is 28.1. The lowest BCUT2D eigenvalue weighted by molar-refractivity contribution is -0.140. The highest BCUT2D eigenvalue weighted by atomic mass is 32.2. The van der Waals surface area contributed by atoms with Crippen LogP contribution < -0.4 is 14.4 Å². The number of halogens is 1. The SMILES string of the molecule is COc1ccccc1N(CCCC(=O)N(Cc1ccccc1F)[C@H](C)C(=O)NC(C)C)S(C)(=O)=O. The lowest BCUT2D eigenvalue weighted by Gasteiger charge is -2.30. The third-order valence-electron chi connectivity index (χ3n) is 5.40. The number of nitrogens with one attached hydrogen (secondary N) is 1. The minimum absolute atomic E-state index is 0.0328. The van der Waals surface area contributed by atoms with Crippen molar-refractivity contribution in [2.45, 2.75) is 52.2 Å². The predicted molar refractivity (Wildman–Crippen MR) is 134 cm³/mol. The van der Waals surface area contributed by atoms with Crippen molar-refractivity contribution in [1.82, 2.24) is 10.2 Å². The van der Waals surface area contributed by atoms with Gasteiger partial charge < -0.3 is 15.0 Å². The van der Waals surface area contributed by atoms with Gasteiger partial charge in [-0.3, -0.25) is 13.9 Å². The summed E-state index contributed by atoms with van der Waals surface area (Å²) in [5.41, 5.74) is 0.662. The fraction of sp³-hybridized carbons (Fsp3) is 0.440. The van der Waals surface area contributed by atoms with Crippen molar-refractivity contribution in [2.75, 3.05) is 24.2 Å². The van der Waals surface area contributed by atoms with Gasteiger partial charge in [-0.2, -0.15) is 0 Å². The first-order valence-corrected chi connectivity index (χ1v) is 13.2. The van der Waals surface area contributed by atoms with E-state index in [1.165, 1.54) is 22.4 Å². The van der Waals surface area contributed by atoms with Crippen LogP contribution in [0.15, 0.2) is 48.5 Å². The summed E-state index contributed by atoms with van der Waals surface area (Å²) in [4.78, 5) is 27.2. The largest absolute Gasteiger partial charge is 0.495 e. The lowest BCUT2D eigenvalue weighted by Crippen LogP contribution is -2.49. The molecule has 1 N–H and O–H groups in total. The average Bonchev–Trinajstić information content (AvgIpc) is 2.79. The zero-order valence-corrected chi connectivity index (χ0v) is 21.6. The molecule has 0 spiro atoms. The van der Waals surface area contributed by atoms with Crippen LogP contribution >= 0.6 is 0 Å². The minimum Gasteiger partial charge on any atom is -0.495 e. The molecule has 0 saturated heterocycles. The van der Waals surface area contributed by atoms with Crippen LogP contribution in [-0.4, -0.2) is 57.1 Å². The summed E-state index contributed by atoms with van der Waals surface area (Å²) in [5, 5.41) is 2.78. The Balaban J connectivity index is 2.21. The van der Waals surface area contributed by atoms with E-state index in [4.69, 9.17) is 4.74 Å². The molecular weight excluding hydrogens is 473 g/mol. The maximum absolute atomic E-state index is 14.3. The number of hydrogen-bond donors (Lipinski definition) is 1. The Hall–Kier alpha value is -3.14. The number of hydrogen-bond acceptors (Lipinski definition) is 5. The van der Waals surface area contributed by atoms with Gasteiger partial charge >= 0.3 is 0 Å². The Morgan fingerprint density at radius 1 is 1.06 bits per heavy atom. The van der Waals surface area contributed by atoms with Gasteiger partial charge in [0.25, 0.3) is 0 Å². The Bertz CT molecular complexity index is 1120. The second-order valence-corrected chi connectivity index (χ2v) is 10.5. The zero-order chi connectivity index (χ0) is 26.2. The maximum Gasteiger partial charge on any atom is 0.242 e. The standard InChI is InChI=1S/C25H34FN3O5S/c1-18(2)27-25(31)19(3)28(17-20-11-6-7-12-21(20)26)24(30)15-10-16-29(35(5,32)33)22-13-8-9-14-23(22)34-4/h6-9,11-14,18-19H,10,15-17H2,1-5H3,(H,27,31)/t19-/m1/s1. The van der Waals surface area contributed by atoms with Crippen LogP contribution in [0.2, 0.25) is 0 Å². The number of carbonyl (C=O) groups excluding carboxylic acids is 2. The summed E-state index contributed by atoms with van der Waals surface area (Å²) in [5.74, 6) is -0.810. The molecular formula is C25H34FN3O5S. The van der Waals surface area contributed by atoms with Crippen LogP contribution in [0, 0.1) is 5.82 Å². The Morgan fingerprint density at radius 3 is 2.29 bits per heavy atom. The van der Waals surface area contributed by atoms with E-state index in [1.54, 1.807) is 49.4 Å². The molecule has 192 valence electrons. The quantitative estimate of drug-likeness (QED) is 0.476. The molecule has 0 unspecified atom stereocenters. The highest BCUT2D eigenvalue weighted by Gasteiger charge is 2.28. The molecule has 0 aliphatic rings. The molecule has 0 aromatic heterocycles. The monoisotopic (exact) mass is 507 g/mol. The Labute approximate surface area is 207 Å². The highest BCUT2D eigenvalue weighted by molar-refractivity contribution is 7.92. The van der Waals surface area contributed by atoms with Crippen LogP contribution in [-0.2, 0) is 26.2 Å². The molecule has 0 aliphatic heterocycles. The van der Waals surface area contributed by atoms with Crippen LogP contribution in [0.5, 0.6) is 5.75 Å². The first-order chi connectivity index (χ1) is 16.5. The van der Waals surface area contributed by atoms with Crippen LogP contribution in [0.1, 0.15) is 39.2 Å². The molecule has 1 atom stereocenters. The molecule has 0 bridgehead atoms. The summed E-state index contributed by atoms with van der Waals surface area (Å²) in [7, 11) is -2.20. The topological polar surface area (TPSA) is 96.0 Å². The van der Waals surface area contributed by atoms with Crippen molar-refractivity contribution < 1.29 is 27.1 Å². The fourth-order valence-electron chi connectivity index (χ4n) is 3.62. The van der Waals surface area contributed by atoms with E-state index in [0.29, 0.717) is 11.4 Å². The Morgan fingerprint density at radius 2 is 1.69 bits per heavy atom. The number of anilines is 1. The highest BCUT2D eigenvalue weighted by Crippen LogP contribution is 2.29. The van der Waals surface area contributed by atoms with Gasteiger partial charge in [-0.25, -0.2) is 12.8 Å². The molecule has 2 amide bonds. The second kappa shape index (κ2) is 12.5. The number of amides is 2. The van der Waals surface area contributed by atoms with Crippen molar-refractivity contribution in [2.24, 2.45) is 0 Å². The predicted octanol–water partition coefficient (Wildman–Crippen LogP) is 3.32. The van der Waals surface area contributed by atoms with Crippen molar-refractivity contribution >= 4 is 27.5 Å². The summed E-state index contributed by atoms with van der Waals surface area (Å²) in [6, 6.07) is 11.8. The number of carbonyl (C=O) groups is 2. The van der Waals surface area contributed by atoms with Gasteiger partial charge in [0.1, 0.15) is 17.6 Å². The number of nitrogens with zero attached hydrogens (tertiary/aromatic N) is 2. The van der Waals surface area contributed by atoms with E-state index in [9.17, 15) is 22.4 Å². The van der Waals surface area contributed by atoms with Gasteiger partial charge in [0, 0.05) is 31.1 Å². The average molecular weight is 508 g/mol. The Kier molecular flexibility index (Phi) is 10.1. The third-order valence-corrected chi connectivity index (χ3v) is 6.58. The van der Waals surface area contributed by atoms with Crippen molar-refractivity contribution in [3.05, 3.63) is 59.9 Å². The number of para-hydroxylation sites is 2. The molecule has 2 rings (SSSR count). The van der Waals surface area contributed by atoms with E-state index in [0.717, 1.165) is 6.26 Å². The van der Waals surface area contributed by atoms with Crippen molar-refractivity contribution in [1.29, 1.82) is 0 Å². The van der Waals surface area contributed by atoms with Crippen LogP contribution in [0.4, 0.5) is 10.1 Å². The van der Waals surface area contributed by atoms with Crippen molar-refractivity contribution in [3.63, 3.8) is 0 Å². The normalized spacial score (nSPS) is 12.2. The molecule has 35 heavy (non-hydrogen) atoms. The molecule has 0 heterocycles. The van der Waals surface area contributed by atoms with Gasteiger partial charge in [-0.1, -0.05) is 30.3 Å². The van der Waals surface area contributed by atoms with Gasteiger partial charge in [0.15, 0.2) is 0 Å². The molecule has 2 aromatic carbocycles. The molecule has 8 nitrogen and oxygen atoms in total. The van der Waals surface area contributed by atoms with Crippen molar-refractivity contribution in [3.8, 4) is 5.75 Å². The molecule has 0 fully saturated rings. The van der Waals surface area contributed by atoms with E-state index < -0.39 is 21.9 Å². The van der Waals surface area contributed by atoms with E-state index in [-0.39, 0.29) is 49.4 Å². The van der Waals surface area contributed by atoms with Gasteiger partial charge in [0.05, 0.1) is 19.1 Å². The molecule has 10 heteroatoms. The van der Waals surface area contributed by atoms with E-state index in [2.05, 4.69) is 5.32 Å². The first-order valence-electron chi connectivity index (χ1n) is 11.4. The van der Waals surface area contributed by atoms with Crippen LogP contribution in [0.3, 0.4) is 0 Å². The number of ether oxygens (including phenoxy) is 1. The molecule has 0 aliphatic carbocycles. The van der Waals surface area contributed by atoms with Gasteiger partial charge in [-0.15, -0.1) is 0 Å². The lowest BCUT2D eigenvalue weighted by atomic mass is 10.1. The minimum atomic E-state index is -3.65. The number of sulfonamides is 1. The summed E-state index contributed by atoms with van der Waals surface area (Å²) >= 11 is 0. The van der Waals surface area contributed by atoms with Gasteiger partial charge in [0.2, 0.25) is 21.8 Å². The molecule has 0 saturated carbocycles. The number of rotatable bonds is 12. The molecule has 0 radical (unpaired) electrons. The smallest absolute Gasteiger partial charge is 0.242 e. The van der Waals surface area contributed by atoms with Gasteiger partial charge in [-0.05, 0) is 45.4 Å². The number of methoxy groups -OCH3 is 1. The molecule has 2 aromatic rings. The van der Waals surface area contributed by atoms with E-state index >= 15 is 0 Å².